The van der Waals surface area contributed by atoms with Gasteiger partial charge in [-0.1, -0.05) is 18.2 Å². The molecule has 1 aromatic carbocycles. The maximum Gasteiger partial charge on any atom is 0.459 e. The molecule has 0 spiro atoms. The number of nitrogens with two attached hydrogens (primary N) is 1. The molecule has 1 fully saturated rings. The first kappa shape index (κ1) is 29.2. The average Bonchev–Trinajstić information content (AvgIpc) is 3.03. The van der Waals surface area contributed by atoms with E-state index in [1.807, 2.05) is 0 Å². The predicted molar refractivity (Wildman–Crippen MR) is 132 cm³/mol. The van der Waals surface area contributed by atoms with Gasteiger partial charge in [-0.3, -0.25) is 13.9 Å². The third kappa shape index (κ3) is 5.88. The van der Waals surface area contributed by atoms with Crippen LogP contribution in [-0.4, -0.2) is 62.3 Å². The van der Waals surface area contributed by atoms with Gasteiger partial charge in [0, 0.05) is 6.20 Å². The normalized spacial score (nSPS) is 27.3. The smallest absolute Gasteiger partial charge is 0.459 e. The van der Waals surface area contributed by atoms with Crippen LogP contribution in [0.5, 0.6) is 5.75 Å². The van der Waals surface area contributed by atoms with Crippen molar-refractivity contribution in [2.24, 2.45) is 0 Å². The molecule has 1 saturated heterocycles. The number of aromatic nitrogens is 2. The van der Waals surface area contributed by atoms with Crippen molar-refractivity contribution in [1.29, 1.82) is 5.26 Å². The first-order valence-corrected chi connectivity index (χ1v) is 13.1. The Bertz CT molecular complexity index is 1300. The quantitative estimate of drug-likeness (QED) is 0.236. The van der Waals surface area contributed by atoms with Crippen molar-refractivity contribution in [3.8, 4) is 11.8 Å². The number of nitrogens with zero attached hydrogens (tertiary/aromatic N) is 3. The number of rotatable bonds is 10. The van der Waals surface area contributed by atoms with Gasteiger partial charge in [-0.25, -0.2) is 9.36 Å². The minimum atomic E-state index is -4.36. The zero-order valence-corrected chi connectivity index (χ0v) is 22.1. The van der Waals surface area contributed by atoms with E-state index in [0.717, 1.165) is 13.1 Å². The number of nitriles is 1. The number of esters is 1. The second-order valence-corrected chi connectivity index (χ2v) is 10.7. The number of nitrogen functional groups attached to an aromatic ring is 1. The van der Waals surface area contributed by atoms with E-state index >= 15 is 0 Å². The van der Waals surface area contributed by atoms with Gasteiger partial charge < -0.3 is 29.9 Å². The number of benzene rings is 1. The fraction of sp³-hybridized carbons (Fsp3) is 0.478. The largest absolute Gasteiger partial charge is 0.462 e. The van der Waals surface area contributed by atoms with Crippen LogP contribution in [0.1, 0.15) is 27.7 Å². The second kappa shape index (κ2) is 11.2. The van der Waals surface area contributed by atoms with E-state index in [9.17, 15) is 29.6 Å². The molecule has 0 radical (unpaired) electrons. The number of carbonyl (C=O) groups is 1. The SMILES string of the molecule is CC(C)OC(=O)C(C)NP(=O)(OCC1OC(C#N)(n2ccc(N)nc2=O)C(C)(O)C1O)Oc1ccccc1. The summed E-state index contributed by atoms with van der Waals surface area (Å²) in [5, 5.41) is 34.4. The molecule has 5 N–H and O–H groups in total. The molecule has 1 aliphatic rings. The number of hydrogen-bond acceptors (Lipinski definition) is 12. The summed E-state index contributed by atoms with van der Waals surface area (Å²) >= 11 is 0. The Morgan fingerprint density at radius 3 is 2.58 bits per heavy atom. The van der Waals surface area contributed by atoms with Gasteiger partial charge in [-0.2, -0.15) is 15.3 Å². The van der Waals surface area contributed by atoms with Crippen LogP contribution in [0.3, 0.4) is 0 Å². The maximum absolute atomic E-state index is 13.7. The first-order chi connectivity index (χ1) is 17.7. The van der Waals surface area contributed by atoms with E-state index in [1.165, 1.54) is 25.1 Å². The lowest BCUT2D eigenvalue weighted by Gasteiger charge is -2.34. The van der Waals surface area contributed by atoms with E-state index in [0.29, 0.717) is 4.57 Å². The zero-order chi connectivity index (χ0) is 28.3. The highest BCUT2D eigenvalue weighted by molar-refractivity contribution is 7.52. The van der Waals surface area contributed by atoms with Crippen molar-refractivity contribution >= 4 is 19.5 Å². The van der Waals surface area contributed by atoms with Crippen LogP contribution < -0.4 is 21.0 Å². The molecule has 1 aliphatic heterocycles. The number of para-hydroxylation sites is 1. The number of hydrogen-bond donors (Lipinski definition) is 4. The van der Waals surface area contributed by atoms with Crippen LogP contribution in [0.2, 0.25) is 0 Å². The van der Waals surface area contributed by atoms with Gasteiger partial charge in [-0.15, -0.1) is 0 Å². The summed E-state index contributed by atoms with van der Waals surface area (Å²) in [4.78, 5) is 28.3. The van der Waals surface area contributed by atoms with Crippen molar-refractivity contribution < 1.29 is 38.1 Å². The van der Waals surface area contributed by atoms with Gasteiger partial charge in [0.2, 0.25) is 0 Å². The number of ether oxygens (including phenoxy) is 2. The zero-order valence-electron chi connectivity index (χ0n) is 21.2. The number of nitrogens with one attached hydrogen (secondary N) is 1. The van der Waals surface area contributed by atoms with Gasteiger partial charge in [0.15, 0.2) is 5.60 Å². The molecule has 0 saturated carbocycles. The molecule has 14 nitrogen and oxygen atoms in total. The summed E-state index contributed by atoms with van der Waals surface area (Å²) in [7, 11) is -4.36. The molecule has 0 amide bonds. The third-order valence-electron chi connectivity index (χ3n) is 5.69. The molecule has 0 aliphatic carbocycles. The van der Waals surface area contributed by atoms with E-state index in [-0.39, 0.29) is 11.6 Å². The Morgan fingerprint density at radius 2 is 2.00 bits per heavy atom. The van der Waals surface area contributed by atoms with E-state index in [2.05, 4.69) is 10.1 Å². The molecule has 6 atom stereocenters. The van der Waals surface area contributed by atoms with Crippen LogP contribution in [0.4, 0.5) is 5.82 Å². The minimum Gasteiger partial charge on any atom is -0.462 e. The second-order valence-electron chi connectivity index (χ2n) is 9.04. The fourth-order valence-electron chi connectivity index (χ4n) is 3.75. The number of carbonyl (C=O) groups excluding carboxylic acids is 1. The minimum absolute atomic E-state index is 0.132. The van der Waals surface area contributed by atoms with Gasteiger partial charge in [0.25, 0.3) is 5.72 Å². The Balaban J connectivity index is 1.88. The lowest BCUT2D eigenvalue weighted by atomic mass is 9.88. The van der Waals surface area contributed by atoms with Crippen molar-refractivity contribution in [3.63, 3.8) is 0 Å². The van der Waals surface area contributed by atoms with Crippen molar-refractivity contribution in [2.45, 2.75) is 63.4 Å². The van der Waals surface area contributed by atoms with Crippen molar-refractivity contribution in [3.05, 3.63) is 53.1 Å². The number of anilines is 1. The Labute approximate surface area is 218 Å². The standard InChI is InChI=1S/C23H30N5O9P/c1-14(2)35-20(30)15(3)27-38(33,37-16-8-6-5-7-9-16)34-12-17-19(29)22(4,32)23(13-24,36-17)28-11-10-18(25)26-21(28)31/h5-11,14-15,17,19,29,32H,12H2,1-4H3,(H,27,33)(H2,25,26,31). The van der Waals surface area contributed by atoms with Crippen LogP contribution >= 0.6 is 7.75 Å². The van der Waals surface area contributed by atoms with Crippen LogP contribution in [-0.2, 0) is 29.1 Å². The molecule has 0 bridgehead atoms. The van der Waals surface area contributed by atoms with E-state index < -0.39 is 61.7 Å². The highest BCUT2D eigenvalue weighted by atomic mass is 31.2. The molecular weight excluding hydrogens is 521 g/mol. The highest BCUT2D eigenvalue weighted by Gasteiger charge is 2.65. The van der Waals surface area contributed by atoms with E-state index in [4.69, 9.17) is 24.3 Å². The molecule has 2 heterocycles. The van der Waals surface area contributed by atoms with Gasteiger partial charge >= 0.3 is 19.4 Å². The maximum atomic E-state index is 13.7. The van der Waals surface area contributed by atoms with E-state index in [1.54, 1.807) is 38.1 Å². The average molecular weight is 551 g/mol. The Hall–Kier alpha value is -3.31. The topological polar surface area (TPSA) is 208 Å². The number of aliphatic hydroxyl groups is 2. The van der Waals surface area contributed by atoms with Gasteiger partial charge in [-0.05, 0) is 45.9 Å². The summed E-state index contributed by atoms with van der Waals surface area (Å²) in [6.07, 6.45) is -2.64. The van der Waals surface area contributed by atoms with Crippen molar-refractivity contribution in [1.82, 2.24) is 14.6 Å². The Kier molecular flexibility index (Phi) is 8.62. The molecule has 1 aromatic heterocycles. The van der Waals surface area contributed by atoms with Gasteiger partial charge in [0.05, 0.1) is 12.7 Å². The van der Waals surface area contributed by atoms with Crippen LogP contribution in [0.25, 0.3) is 0 Å². The molecule has 2 aromatic rings. The predicted octanol–water partition coefficient (Wildman–Crippen LogP) is 0.646. The summed E-state index contributed by atoms with van der Waals surface area (Å²) in [6, 6.07) is 9.75. The monoisotopic (exact) mass is 551 g/mol. The third-order valence-corrected chi connectivity index (χ3v) is 7.33. The lowest BCUT2D eigenvalue weighted by molar-refractivity contribution is -0.151. The fourth-order valence-corrected chi connectivity index (χ4v) is 5.25. The molecule has 15 heteroatoms. The summed E-state index contributed by atoms with van der Waals surface area (Å²) in [6.45, 7) is 5.08. The van der Waals surface area contributed by atoms with Crippen molar-refractivity contribution in [2.75, 3.05) is 12.3 Å². The molecule has 206 valence electrons. The summed E-state index contributed by atoms with van der Waals surface area (Å²) in [5.74, 6) is -0.717. The van der Waals surface area contributed by atoms with Crippen LogP contribution in [0, 0.1) is 11.3 Å². The summed E-state index contributed by atoms with van der Waals surface area (Å²) < 4.78 is 36.2. The molecular formula is C23H30N5O9P. The van der Waals surface area contributed by atoms with Gasteiger partial charge in [0.1, 0.15) is 35.9 Å². The highest BCUT2D eigenvalue weighted by Crippen LogP contribution is 2.48. The molecule has 38 heavy (non-hydrogen) atoms. The molecule has 3 rings (SSSR count). The first-order valence-electron chi connectivity index (χ1n) is 11.6. The van der Waals surface area contributed by atoms with Crippen LogP contribution in [0.15, 0.2) is 47.4 Å². The summed E-state index contributed by atoms with van der Waals surface area (Å²) in [5.41, 5.74) is -0.299. The lowest BCUT2D eigenvalue weighted by Crippen LogP contribution is -2.57. The Morgan fingerprint density at radius 1 is 1.34 bits per heavy atom. The molecule has 6 unspecified atom stereocenters. The number of aliphatic hydroxyl groups excluding tert-OH is 1.